The van der Waals surface area contributed by atoms with Gasteiger partial charge in [-0.25, -0.2) is 4.79 Å². The number of esters is 1. The second kappa shape index (κ2) is 7.27. The molecule has 0 aliphatic carbocycles. The molecule has 0 aliphatic rings. The molecule has 112 valence electrons. The van der Waals surface area contributed by atoms with Crippen molar-refractivity contribution in [3.05, 3.63) is 41.3 Å². The second-order valence-corrected chi connectivity index (χ2v) is 6.09. The van der Waals surface area contributed by atoms with E-state index < -0.39 is 0 Å². The molecule has 0 atom stereocenters. The van der Waals surface area contributed by atoms with Gasteiger partial charge in [-0.1, -0.05) is 44.2 Å². The predicted octanol–water partition coefficient (Wildman–Crippen LogP) is 4.66. The Morgan fingerprint density at radius 2 is 2.00 bits per heavy atom. The van der Waals surface area contributed by atoms with E-state index >= 15 is 0 Å². The fourth-order valence-corrected chi connectivity index (χ4v) is 2.99. The second-order valence-electron chi connectivity index (χ2n) is 5.21. The maximum Gasteiger partial charge on any atom is 0.341 e. The van der Waals surface area contributed by atoms with E-state index in [4.69, 9.17) is 4.74 Å². The minimum absolute atomic E-state index is 0.260. The van der Waals surface area contributed by atoms with Crippen molar-refractivity contribution in [3.8, 4) is 11.1 Å². The van der Waals surface area contributed by atoms with Gasteiger partial charge in [0, 0.05) is 17.5 Å². The van der Waals surface area contributed by atoms with Crippen LogP contribution in [0.2, 0.25) is 0 Å². The third-order valence-corrected chi connectivity index (χ3v) is 3.96. The van der Waals surface area contributed by atoms with E-state index in [1.807, 2.05) is 42.6 Å². The Balaban J connectivity index is 2.38. The van der Waals surface area contributed by atoms with E-state index in [1.165, 1.54) is 0 Å². The first-order valence-electron chi connectivity index (χ1n) is 7.21. The summed E-state index contributed by atoms with van der Waals surface area (Å²) in [6, 6.07) is 9.94. The number of hydrogen-bond donors (Lipinski definition) is 1. The zero-order valence-electron chi connectivity index (χ0n) is 12.7. The van der Waals surface area contributed by atoms with Gasteiger partial charge >= 0.3 is 5.97 Å². The first-order valence-corrected chi connectivity index (χ1v) is 8.09. The van der Waals surface area contributed by atoms with Crippen LogP contribution >= 0.6 is 11.3 Å². The summed E-state index contributed by atoms with van der Waals surface area (Å²) in [5.74, 6) is 0.256. The molecule has 1 heterocycles. The fraction of sp³-hybridized carbons (Fsp3) is 0.353. The highest BCUT2D eigenvalue weighted by atomic mass is 32.1. The predicted molar refractivity (Wildman–Crippen MR) is 89.0 cm³/mol. The maximum absolute atomic E-state index is 12.3. The number of benzene rings is 1. The van der Waals surface area contributed by atoms with Crippen molar-refractivity contribution in [1.29, 1.82) is 0 Å². The van der Waals surface area contributed by atoms with Gasteiger partial charge in [0.05, 0.1) is 6.61 Å². The zero-order valence-corrected chi connectivity index (χ0v) is 13.5. The Morgan fingerprint density at radius 3 is 2.62 bits per heavy atom. The normalized spacial score (nSPS) is 10.7. The molecule has 2 rings (SSSR count). The van der Waals surface area contributed by atoms with Crippen LogP contribution in [0.4, 0.5) is 5.00 Å². The number of ether oxygens (including phenoxy) is 1. The van der Waals surface area contributed by atoms with E-state index in [2.05, 4.69) is 19.2 Å². The Bertz CT molecular complexity index is 590. The number of carbonyl (C=O) groups excluding carboxylic acids is 1. The zero-order chi connectivity index (χ0) is 15.2. The summed E-state index contributed by atoms with van der Waals surface area (Å²) < 4.78 is 5.22. The average molecular weight is 303 g/mol. The van der Waals surface area contributed by atoms with Crippen LogP contribution in [0.25, 0.3) is 11.1 Å². The molecular weight excluding hydrogens is 282 g/mol. The quantitative estimate of drug-likeness (QED) is 0.789. The van der Waals surface area contributed by atoms with Gasteiger partial charge in [-0.05, 0) is 18.4 Å². The molecule has 0 aliphatic heterocycles. The molecule has 0 saturated heterocycles. The van der Waals surface area contributed by atoms with E-state index in [9.17, 15) is 4.79 Å². The molecule has 2 aromatic rings. The Labute approximate surface area is 130 Å². The lowest BCUT2D eigenvalue weighted by Crippen LogP contribution is -2.12. The summed E-state index contributed by atoms with van der Waals surface area (Å²) in [5.41, 5.74) is 2.62. The van der Waals surface area contributed by atoms with Crippen molar-refractivity contribution in [3.63, 3.8) is 0 Å². The standard InChI is InChI=1S/C17H21NO2S/c1-4-20-17(19)15-14(13-8-6-5-7-9-13)11-21-16(15)18-10-12(2)3/h5-9,11-12,18H,4,10H2,1-3H3. The molecular formula is C17H21NO2S. The number of carbonyl (C=O) groups is 1. The van der Waals surface area contributed by atoms with Gasteiger partial charge in [0.2, 0.25) is 0 Å². The van der Waals surface area contributed by atoms with Crippen LogP contribution in [0.5, 0.6) is 0 Å². The van der Waals surface area contributed by atoms with Crippen LogP contribution in [0.3, 0.4) is 0 Å². The molecule has 0 saturated carbocycles. The third-order valence-electron chi connectivity index (χ3n) is 3.03. The molecule has 0 spiro atoms. The van der Waals surface area contributed by atoms with Crippen molar-refractivity contribution < 1.29 is 9.53 Å². The van der Waals surface area contributed by atoms with E-state index in [1.54, 1.807) is 11.3 Å². The minimum Gasteiger partial charge on any atom is -0.462 e. The molecule has 0 radical (unpaired) electrons. The molecule has 1 N–H and O–H groups in total. The lowest BCUT2D eigenvalue weighted by Gasteiger charge is -2.10. The Kier molecular flexibility index (Phi) is 5.39. The van der Waals surface area contributed by atoms with Gasteiger partial charge in [0.25, 0.3) is 0 Å². The summed E-state index contributed by atoms with van der Waals surface area (Å²) in [6.45, 7) is 7.33. The van der Waals surface area contributed by atoms with Gasteiger partial charge < -0.3 is 10.1 Å². The summed E-state index contributed by atoms with van der Waals surface area (Å²) in [7, 11) is 0. The van der Waals surface area contributed by atoms with Crippen LogP contribution in [0.1, 0.15) is 31.1 Å². The molecule has 1 aromatic heterocycles. The smallest absolute Gasteiger partial charge is 0.341 e. The monoisotopic (exact) mass is 303 g/mol. The molecule has 1 aromatic carbocycles. The van der Waals surface area contributed by atoms with Crippen LogP contribution in [-0.4, -0.2) is 19.1 Å². The van der Waals surface area contributed by atoms with Crippen LogP contribution in [-0.2, 0) is 4.74 Å². The van der Waals surface area contributed by atoms with E-state index in [0.29, 0.717) is 18.1 Å². The van der Waals surface area contributed by atoms with Crippen LogP contribution in [0.15, 0.2) is 35.7 Å². The Morgan fingerprint density at radius 1 is 1.29 bits per heavy atom. The van der Waals surface area contributed by atoms with Crippen LogP contribution in [0, 0.1) is 5.92 Å². The molecule has 3 nitrogen and oxygen atoms in total. The molecule has 4 heteroatoms. The van der Waals surface area contributed by atoms with Gasteiger partial charge in [-0.2, -0.15) is 0 Å². The number of thiophene rings is 1. The lowest BCUT2D eigenvalue weighted by molar-refractivity contribution is 0.0529. The molecule has 0 unspecified atom stereocenters. The number of nitrogens with one attached hydrogen (secondary N) is 1. The van der Waals surface area contributed by atoms with Crippen molar-refractivity contribution in [2.75, 3.05) is 18.5 Å². The SMILES string of the molecule is CCOC(=O)c1c(-c2ccccc2)csc1NCC(C)C. The van der Waals surface area contributed by atoms with Crippen molar-refractivity contribution >= 4 is 22.3 Å². The highest BCUT2D eigenvalue weighted by Crippen LogP contribution is 2.36. The van der Waals surface area contributed by atoms with Crippen molar-refractivity contribution in [2.24, 2.45) is 5.92 Å². The largest absolute Gasteiger partial charge is 0.462 e. The fourth-order valence-electron chi connectivity index (χ4n) is 2.02. The summed E-state index contributed by atoms with van der Waals surface area (Å²) in [6.07, 6.45) is 0. The van der Waals surface area contributed by atoms with Gasteiger partial charge in [-0.15, -0.1) is 11.3 Å². The topological polar surface area (TPSA) is 38.3 Å². The minimum atomic E-state index is -0.260. The summed E-state index contributed by atoms with van der Waals surface area (Å²) in [5, 5.41) is 6.27. The van der Waals surface area contributed by atoms with Crippen molar-refractivity contribution in [2.45, 2.75) is 20.8 Å². The van der Waals surface area contributed by atoms with Crippen LogP contribution < -0.4 is 5.32 Å². The highest BCUT2D eigenvalue weighted by molar-refractivity contribution is 7.15. The molecule has 0 amide bonds. The maximum atomic E-state index is 12.3. The molecule has 0 bridgehead atoms. The molecule has 0 fully saturated rings. The summed E-state index contributed by atoms with van der Waals surface area (Å²) in [4.78, 5) is 12.3. The number of rotatable bonds is 6. The number of hydrogen-bond acceptors (Lipinski definition) is 4. The van der Waals surface area contributed by atoms with Gasteiger partial charge in [0.1, 0.15) is 10.6 Å². The highest BCUT2D eigenvalue weighted by Gasteiger charge is 2.21. The first-order chi connectivity index (χ1) is 10.1. The summed E-state index contributed by atoms with van der Waals surface area (Å²) >= 11 is 1.56. The first kappa shape index (κ1) is 15.6. The van der Waals surface area contributed by atoms with E-state index in [-0.39, 0.29) is 5.97 Å². The number of anilines is 1. The molecule has 21 heavy (non-hydrogen) atoms. The van der Waals surface area contributed by atoms with Gasteiger partial charge in [-0.3, -0.25) is 0 Å². The third kappa shape index (κ3) is 3.85. The van der Waals surface area contributed by atoms with Gasteiger partial charge in [0.15, 0.2) is 0 Å². The average Bonchev–Trinajstić information content (AvgIpc) is 2.90. The Hall–Kier alpha value is -1.81. The lowest BCUT2D eigenvalue weighted by atomic mass is 10.0. The van der Waals surface area contributed by atoms with Crippen molar-refractivity contribution in [1.82, 2.24) is 0 Å². The van der Waals surface area contributed by atoms with E-state index in [0.717, 1.165) is 22.7 Å².